The molecule has 2 N–H and O–H groups in total. The molecule has 27 heavy (non-hydrogen) atoms. The highest BCUT2D eigenvalue weighted by Crippen LogP contribution is 2.21. The lowest BCUT2D eigenvalue weighted by Gasteiger charge is -2.09. The maximum Gasteiger partial charge on any atom is 0.338 e. The van der Waals surface area contributed by atoms with E-state index in [-0.39, 0.29) is 12.4 Å². The Hall–Kier alpha value is -2.86. The van der Waals surface area contributed by atoms with Gasteiger partial charge in [0.05, 0.1) is 5.56 Å². The minimum atomic E-state index is -0.493. The molecule has 0 saturated heterocycles. The molecule has 138 valence electrons. The zero-order valence-corrected chi connectivity index (χ0v) is 16.4. The molecule has 0 bridgehead atoms. The molecule has 0 aliphatic heterocycles. The van der Waals surface area contributed by atoms with Crippen LogP contribution in [0, 0.1) is 0 Å². The van der Waals surface area contributed by atoms with Gasteiger partial charge in [-0.1, -0.05) is 53.2 Å². The molecule has 0 amide bonds. The molecule has 6 heteroatoms. The Labute approximate surface area is 165 Å². The molecule has 0 aliphatic carbocycles. The van der Waals surface area contributed by atoms with Gasteiger partial charge in [-0.25, -0.2) is 4.79 Å². The number of esters is 1. The third-order valence-corrected chi connectivity index (χ3v) is 4.66. The first-order chi connectivity index (χ1) is 13.0. The van der Waals surface area contributed by atoms with Crippen molar-refractivity contribution in [2.24, 2.45) is 0 Å². The highest BCUT2D eigenvalue weighted by Gasteiger charge is 2.20. The Morgan fingerprint density at radius 3 is 2.48 bits per heavy atom. The van der Waals surface area contributed by atoms with Crippen LogP contribution in [0.1, 0.15) is 44.5 Å². The fraction of sp³-hybridized carbons (Fsp3) is 0.143. The van der Waals surface area contributed by atoms with E-state index in [1.807, 2.05) is 43.3 Å². The highest BCUT2D eigenvalue weighted by molar-refractivity contribution is 9.10. The molecular weight excluding hydrogens is 408 g/mol. The number of carbonyl (C=O) groups excluding carboxylic acids is 2. The summed E-state index contributed by atoms with van der Waals surface area (Å²) in [4.78, 5) is 25.4. The summed E-state index contributed by atoms with van der Waals surface area (Å²) in [6, 6.07) is 16.1. The van der Waals surface area contributed by atoms with Gasteiger partial charge in [-0.05, 0) is 41.8 Å². The number of rotatable bonds is 6. The van der Waals surface area contributed by atoms with Crippen molar-refractivity contribution in [3.05, 3.63) is 93.2 Å². The number of aryl methyl sites for hydroxylation is 1. The van der Waals surface area contributed by atoms with E-state index in [1.54, 1.807) is 18.3 Å². The molecule has 3 aromatic rings. The summed E-state index contributed by atoms with van der Waals surface area (Å²) in [5.74, 6) is 5.16. The van der Waals surface area contributed by atoms with Crippen molar-refractivity contribution in [2.75, 3.05) is 5.84 Å². The Morgan fingerprint density at radius 2 is 1.78 bits per heavy atom. The molecule has 0 radical (unpaired) electrons. The summed E-state index contributed by atoms with van der Waals surface area (Å²) in [6.07, 6.45) is 2.34. The van der Waals surface area contributed by atoms with Crippen LogP contribution in [0.5, 0.6) is 0 Å². The second kappa shape index (κ2) is 8.22. The molecule has 0 fully saturated rings. The van der Waals surface area contributed by atoms with Gasteiger partial charge in [-0.15, -0.1) is 0 Å². The number of aromatic nitrogens is 1. The third-order valence-electron chi connectivity index (χ3n) is 4.20. The van der Waals surface area contributed by atoms with Crippen molar-refractivity contribution in [2.45, 2.75) is 20.0 Å². The highest BCUT2D eigenvalue weighted by atomic mass is 79.9. The number of ketones is 1. The average molecular weight is 427 g/mol. The van der Waals surface area contributed by atoms with Crippen LogP contribution in [0.15, 0.2) is 65.3 Å². The van der Waals surface area contributed by atoms with Gasteiger partial charge in [0.1, 0.15) is 12.3 Å². The van der Waals surface area contributed by atoms with Crippen LogP contribution in [0.2, 0.25) is 0 Å². The van der Waals surface area contributed by atoms with Gasteiger partial charge in [0.2, 0.25) is 5.78 Å². The zero-order valence-electron chi connectivity index (χ0n) is 14.8. The van der Waals surface area contributed by atoms with E-state index in [2.05, 4.69) is 15.9 Å². The molecule has 1 heterocycles. The van der Waals surface area contributed by atoms with E-state index in [0.717, 1.165) is 11.1 Å². The quantitative estimate of drug-likeness (QED) is 0.365. The molecule has 0 unspecified atom stereocenters. The summed E-state index contributed by atoms with van der Waals surface area (Å²) in [5.41, 5.74) is 2.84. The Morgan fingerprint density at radius 1 is 1.07 bits per heavy atom. The largest absolute Gasteiger partial charge is 0.457 e. The number of hydrogen-bond acceptors (Lipinski definition) is 4. The zero-order chi connectivity index (χ0) is 19.4. The molecule has 0 aliphatic rings. The van der Waals surface area contributed by atoms with Crippen molar-refractivity contribution < 1.29 is 14.3 Å². The number of nitrogens with zero attached hydrogens (tertiary/aromatic N) is 1. The van der Waals surface area contributed by atoms with Crippen LogP contribution in [0.4, 0.5) is 0 Å². The number of halogens is 1. The summed E-state index contributed by atoms with van der Waals surface area (Å²) in [7, 11) is 0. The minimum Gasteiger partial charge on any atom is -0.457 e. The van der Waals surface area contributed by atoms with Gasteiger partial charge in [-0.2, -0.15) is 0 Å². The van der Waals surface area contributed by atoms with Crippen LogP contribution in [0.3, 0.4) is 0 Å². The van der Waals surface area contributed by atoms with Crippen LogP contribution in [0.25, 0.3) is 0 Å². The fourth-order valence-corrected chi connectivity index (χ4v) is 3.31. The summed E-state index contributed by atoms with van der Waals surface area (Å²) in [6.45, 7) is 2.13. The smallest absolute Gasteiger partial charge is 0.338 e. The third kappa shape index (κ3) is 4.28. The van der Waals surface area contributed by atoms with Crippen molar-refractivity contribution in [3.8, 4) is 0 Å². The van der Waals surface area contributed by atoms with E-state index in [1.165, 1.54) is 10.7 Å². The monoisotopic (exact) mass is 426 g/mol. The topological polar surface area (TPSA) is 74.3 Å². The predicted molar refractivity (Wildman–Crippen MR) is 107 cm³/mol. The lowest BCUT2D eigenvalue weighted by Crippen LogP contribution is -2.18. The Balaban J connectivity index is 1.84. The van der Waals surface area contributed by atoms with E-state index in [9.17, 15) is 9.59 Å². The second-order valence-corrected chi connectivity index (χ2v) is 6.99. The standard InChI is InChI=1S/C21H19BrN2O3/c1-2-15-8-9-24(23)19(15)20(25)16-10-17(12-18(22)11-16)21(26)27-13-14-6-4-3-5-7-14/h3-12H,2,13,23H2,1H3. The second-order valence-electron chi connectivity index (χ2n) is 6.07. The van der Waals surface area contributed by atoms with Crippen molar-refractivity contribution in [3.63, 3.8) is 0 Å². The number of carbonyl (C=O) groups is 2. The minimum absolute atomic E-state index is 0.168. The van der Waals surface area contributed by atoms with Crippen LogP contribution in [-0.2, 0) is 17.8 Å². The molecule has 1 aromatic heterocycles. The SMILES string of the molecule is CCc1ccn(N)c1C(=O)c1cc(Br)cc(C(=O)OCc2ccccc2)c1. The first kappa shape index (κ1) is 18.9. The van der Waals surface area contributed by atoms with Crippen LogP contribution >= 0.6 is 15.9 Å². The number of hydrogen-bond donors (Lipinski definition) is 1. The Kier molecular flexibility index (Phi) is 5.76. The van der Waals surface area contributed by atoms with E-state index in [4.69, 9.17) is 10.6 Å². The lowest BCUT2D eigenvalue weighted by atomic mass is 10.0. The van der Waals surface area contributed by atoms with E-state index < -0.39 is 5.97 Å². The fourth-order valence-electron chi connectivity index (χ4n) is 2.82. The van der Waals surface area contributed by atoms with Gasteiger partial charge in [0.25, 0.3) is 0 Å². The predicted octanol–water partition coefficient (Wildman–Crippen LogP) is 4.11. The number of nitrogens with two attached hydrogens (primary N) is 1. The summed E-state index contributed by atoms with van der Waals surface area (Å²) >= 11 is 3.36. The van der Waals surface area contributed by atoms with Gasteiger partial charge in [-0.3, -0.25) is 9.47 Å². The van der Waals surface area contributed by atoms with E-state index >= 15 is 0 Å². The van der Waals surface area contributed by atoms with Gasteiger partial charge < -0.3 is 10.6 Å². The van der Waals surface area contributed by atoms with Crippen molar-refractivity contribution in [1.82, 2.24) is 4.68 Å². The number of ether oxygens (including phenoxy) is 1. The average Bonchev–Trinajstić information content (AvgIpc) is 3.06. The molecule has 5 nitrogen and oxygen atoms in total. The summed E-state index contributed by atoms with van der Waals surface area (Å²) in [5, 5.41) is 0. The summed E-state index contributed by atoms with van der Waals surface area (Å²) < 4.78 is 7.30. The normalized spacial score (nSPS) is 10.6. The molecular formula is C21H19BrN2O3. The molecule has 0 spiro atoms. The first-order valence-corrected chi connectivity index (χ1v) is 9.30. The van der Waals surface area contributed by atoms with E-state index in [0.29, 0.717) is 27.7 Å². The molecule has 2 aromatic carbocycles. The maximum atomic E-state index is 12.9. The first-order valence-electron chi connectivity index (χ1n) is 8.51. The molecule has 0 atom stereocenters. The van der Waals surface area contributed by atoms with Gasteiger partial charge in [0, 0.05) is 16.2 Å². The van der Waals surface area contributed by atoms with Gasteiger partial charge >= 0.3 is 5.97 Å². The van der Waals surface area contributed by atoms with Crippen molar-refractivity contribution in [1.29, 1.82) is 0 Å². The van der Waals surface area contributed by atoms with Crippen molar-refractivity contribution >= 4 is 27.7 Å². The molecule has 3 rings (SSSR count). The Bertz CT molecular complexity index is 980. The lowest BCUT2D eigenvalue weighted by molar-refractivity contribution is 0.0472. The number of benzene rings is 2. The van der Waals surface area contributed by atoms with Crippen LogP contribution in [-0.4, -0.2) is 16.4 Å². The van der Waals surface area contributed by atoms with Crippen LogP contribution < -0.4 is 5.84 Å². The maximum absolute atomic E-state index is 12.9. The number of nitrogen functional groups attached to an aromatic ring is 1. The van der Waals surface area contributed by atoms with Gasteiger partial charge in [0.15, 0.2) is 0 Å². The molecule has 0 saturated carbocycles.